The molecule has 0 bridgehead atoms. The van der Waals surface area contributed by atoms with Crippen molar-refractivity contribution in [3.05, 3.63) is 56.1 Å². The van der Waals surface area contributed by atoms with Crippen LogP contribution < -0.4 is 10.6 Å². The molecule has 0 saturated carbocycles. The van der Waals surface area contributed by atoms with Gasteiger partial charge in [0, 0.05) is 25.7 Å². The topological polar surface area (TPSA) is 104 Å². The highest BCUT2D eigenvalue weighted by molar-refractivity contribution is 6.41. The van der Waals surface area contributed by atoms with Crippen molar-refractivity contribution in [2.24, 2.45) is 0 Å². The molecule has 1 aromatic carbocycles. The molecular formula is C27H30Cl2N6O3. The highest BCUT2D eigenvalue weighted by Gasteiger charge is 2.32. The lowest BCUT2D eigenvalue weighted by molar-refractivity contribution is 0.0218. The van der Waals surface area contributed by atoms with Crippen LogP contribution in [0.4, 0.5) is 10.6 Å². The molecule has 1 aliphatic rings. The summed E-state index contributed by atoms with van der Waals surface area (Å²) in [5, 5.41) is 10.6. The second-order valence-electron chi connectivity index (χ2n) is 10.7. The average Bonchev–Trinajstić information content (AvgIpc) is 2.83. The predicted octanol–water partition coefficient (Wildman–Crippen LogP) is 5.53. The zero-order chi connectivity index (χ0) is 27.9. The number of aromatic nitrogens is 3. The molecule has 0 aliphatic carbocycles. The number of hydrogen-bond donors (Lipinski definition) is 0. The molecule has 11 heteroatoms. The van der Waals surface area contributed by atoms with E-state index in [-0.39, 0.29) is 33.9 Å². The number of fused-ring (bicyclic) bond motifs is 1. The molecule has 2 aromatic heterocycles. The van der Waals surface area contributed by atoms with Crippen LogP contribution in [0.3, 0.4) is 0 Å². The monoisotopic (exact) mass is 556 g/mol. The smallest absolute Gasteiger partial charge is 0.410 e. The Labute approximate surface area is 231 Å². The maximum Gasteiger partial charge on any atom is 0.410 e. The summed E-state index contributed by atoms with van der Waals surface area (Å²) < 4.78 is 6.88. The van der Waals surface area contributed by atoms with E-state index in [1.807, 2.05) is 52.5 Å². The number of para-hydroxylation sites is 1. The first-order chi connectivity index (χ1) is 17.8. The minimum absolute atomic E-state index is 0.0173. The lowest BCUT2D eigenvalue weighted by Crippen LogP contribution is -2.55. The molecule has 0 unspecified atom stereocenters. The van der Waals surface area contributed by atoms with E-state index < -0.39 is 11.3 Å². The normalized spacial score (nSPS) is 16.2. The molecule has 1 aliphatic heterocycles. The number of rotatable bonds is 3. The molecule has 1 saturated heterocycles. The number of hydrogen-bond acceptors (Lipinski definition) is 7. The van der Waals surface area contributed by atoms with Gasteiger partial charge >= 0.3 is 11.8 Å². The summed E-state index contributed by atoms with van der Waals surface area (Å²) in [6, 6.07) is 8.96. The molecular weight excluding hydrogens is 527 g/mol. The zero-order valence-corrected chi connectivity index (χ0v) is 23.8. The van der Waals surface area contributed by atoms with Crippen molar-refractivity contribution in [2.75, 3.05) is 24.5 Å². The van der Waals surface area contributed by atoms with E-state index >= 15 is 0 Å². The van der Waals surface area contributed by atoms with E-state index in [2.05, 4.69) is 16.0 Å². The molecule has 0 spiro atoms. The molecule has 0 N–H and O–H groups in total. The van der Waals surface area contributed by atoms with Crippen LogP contribution in [0.1, 0.15) is 58.6 Å². The quantitative estimate of drug-likeness (QED) is 0.390. The van der Waals surface area contributed by atoms with Crippen LogP contribution in [0.25, 0.3) is 16.7 Å². The molecule has 3 aromatic rings. The second-order valence-corrected chi connectivity index (χ2v) is 11.4. The number of piperazine rings is 1. The van der Waals surface area contributed by atoms with Gasteiger partial charge in [0.2, 0.25) is 0 Å². The zero-order valence-electron chi connectivity index (χ0n) is 22.2. The minimum atomic E-state index is -0.601. The highest BCUT2D eigenvalue weighted by atomic mass is 35.5. The number of nitrogens with zero attached hydrogens (tertiary/aromatic N) is 6. The van der Waals surface area contributed by atoms with Crippen molar-refractivity contribution in [1.29, 1.82) is 5.26 Å². The van der Waals surface area contributed by atoms with Crippen molar-refractivity contribution < 1.29 is 9.53 Å². The van der Waals surface area contributed by atoms with E-state index in [1.165, 1.54) is 4.57 Å². The fraction of sp³-hybridized carbons (Fsp3) is 0.444. The van der Waals surface area contributed by atoms with Crippen LogP contribution in [0.15, 0.2) is 29.1 Å². The van der Waals surface area contributed by atoms with Gasteiger partial charge in [0.25, 0.3) is 0 Å². The van der Waals surface area contributed by atoms with Crippen molar-refractivity contribution >= 4 is 46.1 Å². The van der Waals surface area contributed by atoms with Gasteiger partial charge in [-0.1, -0.05) is 49.2 Å². The van der Waals surface area contributed by atoms with Crippen LogP contribution in [0.5, 0.6) is 0 Å². The maximum atomic E-state index is 13.7. The number of benzene rings is 1. The number of ether oxygens (including phenoxy) is 1. The number of carbonyl (C=O) groups excluding carboxylic acids is 1. The van der Waals surface area contributed by atoms with Crippen molar-refractivity contribution in [1.82, 2.24) is 19.4 Å². The Morgan fingerprint density at radius 2 is 1.92 bits per heavy atom. The Balaban J connectivity index is 1.87. The molecule has 1 fully saturated rings. The van der Waals surface area contributed by atoms with Crippen LogP contribution >= 0.6 is 23.2 Å². The molecule has 38 heavy (non-hydrogen) atoms. The van der Waals surface area contributed by atoms with E-state index in [1.54, 1.807) is 23.1 Å². The summed E-state index contributed by atoms with van der Waals surface area (Å²) in [4.78, 5) is 38.9. The molecule has 0 radical (unpaired) electrons. The predicted molar refractivity (Wildman–Crippen MR) is 149 cm³/mol. The summed E-state index contributed by atoms with van der Waals surface area (Å²) in [5.41, 5.74) is 0.601. The van der Waals surface area contributed by atoms with E-state index in [4.69, 9.17) is 27.9 Å². The first-order valence-electron chi connectivity index (χ1n) is 12.4. The minimum Gasteiger partial charge on any atom is -0.444 e. The van der Waals surface area contributed by atoms with Gasteiger partial charge in [0.15, 0.2) is 5.65 Å². The molecule has 1 atom stereocenters. The number of pyridine rings is 1. The SMILES string of the molecule is CC(C)c1cccc(C#N)c1-n1c(=O)nc(N2CCN(C(=O)OC(C)(C)C)C[C@@H]2C)c2cc(Cl)c(Cl)nc21. The largest absolute Gasteiger partial charge is 0.444 e. The van der Waals surface area contributed by atoms with Gasteiger partial charge in [0.05, 0.1) is 21.7 Å². The maximum absolute atomic E-state index is 13.7. The molecule has 200 valence electrons. The molecule has 1 amide bonds. The van der Waals surface area contributed by atoms with Gasteiger partial charge in [-0.25, -0.2) is 19.1 Å². The Bertz CT molecular complexity index is 1510. The first-order valence-corrected chi connectivity index (χ1v) is 13.1. The van der Waals surface area contributed by atoms with Crippen molar-refractivity contribution in [3.8, 4) is 11.8 Å². The molecule has 3 heterocycles. The standard InChI is InChI=1S/C27H30Cl2N6O3/c1-15(2)18-9-7-8-17(13-30)21(18)35-24-19(12-20(28)22(29)31-24)23(32-25(35)36)34-11-10-33(14-16(34)3)26(37)38-27(4,5)6/h7-9,12,15-16H,10-11,14H2,1-6H3/t16-/m0/s1. The third-order valence-electron chi connectivity index (χ3n) is 6.34. The molecule has 4 rings (SSSR count). The van der Waals surface area contributed by atoms with Gasteiger partial charge in [-0.2, -0.15) is 10.2 Å². The van der Waals surface area contributed by atoms with Crippen LogP contribution in [-0.2, 0) is 4.74 Å². The molecule has 9 nitrogen and oxygen atoms in total. The van der Waals surface area contributed by atoms with E-state index in [9.17, 15) is 14.9 Å². The van der Waals surface area contributed by atoms with Crippen LogP contribution in [-0.4, -0.2) is 56.8 Å². The van der Waals surface area contributed by atoms with Gasteiger partial charge in [-0.3, -0.25) is 0 Å². The number of amides is 1. The van der Waals surface area contributed by atoms with E-state index in [0.29, 0.717) is 42.1 Å². The van der Waals surface area contributed by atoms with Crippen molar-refractivity contribution in [2.45, 2.75) is 59.1 Å². The van der Waals surface area contributed by atoms with Gasteiger partial charge in [-0.15, -0.1) is 0 Å². The van der Waals surface area contributed by atoms with Gasteiger partial charge in [-0.05, 0) is 51.3 Å². The summed E-state index contributed by atoms with van der Waals surface area (Å²) >= 11 is 12.7. The van der Waals surface area contributed by atoms with E-state index in [0.717, 1.165) is 5.56 Å². The lowest BCUT2D eigenvalue weighted by Gasteiger charge is -2.41. The first kappa shape index (κ1) is 27.7. The third kappa shape index (κ3) is 5.29. The van der Waals surface area contributed by atoms with Crippen LogP contribution in [0.2, 0.25) is 10.2 Å². The Morgan fingerprint density at radius 3 is 2.53 bits per heavy atom. The Kier molecular flexibility index (Phi) is 7.60. The van der Waals surface area contributed by atoms with Crippen LogP contribution in [0, 0.1) is 11.3 Å². The highest BCUT2D eigenvalue weighted by Crippen LogP contribution is 2.34. The lowest BCUT2D eigenvalue weighted by atomic mass is 9.97. The van der Waals surface area contributed by atoms with Gasteiger partial charge < -0.3 is 14.5 Å². The van der Waals surface area contributed by atoms with Gasteiger partial charge in [0.1, 0.15) is 22.6 Å². The Hall–Kier alpha value is -3.35. The second kappa shape index (κ2) is 10.4. The summed E-state index contributed by atoms with van der Waals surface area (Å²) in [6.07, 6.45) is -0.386. The Morgan fingerprint density at radius 1 is 1.21 bits per heavy atom. The summed E-state index contributed by atoms with van der Waals surface area (Å²) in [6.45, 7) is 12.6. The average molecular weight is 557 g/mol. The van der Waals surface area contributed by atoms with Crippen molar-refractivity contribution in [3.63, 3.8) is 0 Å². The number of halogens is 2. The number of nitriles is 1. The third-order valence-corrected chi connectivity index (χ3v) is 7.02. The number of carbonyl (C=O) groups is 1. The summed E-state index contributed by atoms with van der Waals surface area (Å²) in [7, 11) is 0. The number of anilines is 1. The summed E-state index contributed by atoms with van der Waals surface area (Å²) in [5.74, 6) is 0.410. The fourth-order valence-electron chi connectivity index (χ4n) is 4.64. The fourth-order valence-corrected chi connectivity index (χ4v) is 4.92.